The molecule has 14 unspecified atom stereocenters. The number of aliphatic hydroxyl groups excluding tert-OH is 11. The Bertz CT molecular complexity index is 1960. The number of unbranched alkanes of at least 4 members (excludes halogenated alkanes) is 5. The molecule has 4 aliphatic heterocycles. The first-order valence-corrected chi connectivity index (χ1v) is 24.0. The first kappa shape index (κ1) is 60.8. The minimum atomic E-state index is -3.25. The van der Waals surface area contributed by atoms with Gasteiger partial charge < -0.3 is 125 Å². The highest BCUT2D eigenvalue weighted by atomic mass is 16.8. The van der Waals surface area contributed by atoms with Gasteiger partial charge in [0.2, 0.25) is 0 Å². The average molecular weight is 1070 g/mol. The molecular weight excluding hydrogens is 1000 g/mol. The van der Waals surface area contributed by atoms with E-state index < -0.39 is 178 Å². The second kappa shape index (κ2) is 27.8. The quantitative estimate of drug-likeness (QED) is 0.0322. The molecule has 0 saturated carbocycles. The molecule has 0 radical (unpaired) electrons. The highest BCUT2D eigenvalue weighted by Gasteiger charge is 2.61. The van der Waals surface area contributed by atoms with E-state index in [4.69, 9.17) is 37.9 Å². The van der Waals surface area contributed by atoms with Crippen molar-refractivity contribution in [2.75, 3.05) is 33.5 Å². The Morgan fingerprint density at radius 3 is 1.97 bits per heavy atom. The summed E-state index contributed by atoms with van der Waals surface area (Å²) in [4.78, 5) is 50.3. The van der Waals surface area contributed by atoms with Crippen LogP contribution in [0.4, 0.5) is 4.79 Å². The van der Waals surface area contributed by atoms with Crippen molar-refractivity contribution in [1.82, 2.24) is 10.6 Å². The number of aliphatic hydroxyl groups is 11. The number of carbonyl (C=O) groups is 4. The van der Waals surface area contributed by atoms with Gasteiger partial charge in [0.15, 0.2) is 18.9 Å². The van der Waals surface area contributed by atoms with E-state index in [9.17, 15) is 90.7 Å². The molecule has 4 fully saturated rings. The number of methoxy groups -OCH3 is 1. The van der Waals surface area contributed by atoms with Crippen molar-refractivity contribution in [1.29, 1.82) is 0 Å². The fourth-order valence-corrected chi connectivity index (χ4v) is 9.06. The fraction of sp³-hybridized carbons (Fsp3) is 0.778. The standard InChI is InChI=1S/C45H70N2O27/c1-19-29(55)32(58)33(59)41(68-19)72-37-28(46-39(61)20-11-8-9-12-21(20)51)40(67-14-10-6-4-3-5-7-13-26(54)66-2)70-25(18-50)35(37)71-42-34(60)38(31(57)24(17-49)69-42)74-45(43(62)63)15-22(52)27(47-44(64)65)36(73-45)30(56)23(53)16-48/h8-9,11-12,19,22-25,27-38,40-42,47-53,55-60H,3-7,10,13-18H2,1-2H3,(H,46,61)(H,62,63)(H,64,65)/t19?,22?,23?,24?,25?,27-,28?,29-,30?,31+,32?,33?,34?,35-,36?,37?,38?,40-,41+,42?,45+/m1/s1. The molecule has 29 heteroatoms. The maximum absolute atomic E-state index is 14.0. The summed E-state index contributed by atoms with van der Waals surface area (Å²) in [5.74, 6) is -7.13. The van der Waals surface area contributed by atoms with E-state index in [0.717, 1.165) is 19.3 Å². The number of amides is 2. The van der Waals surface area contributed by atoms with Crippen molar-refractivity contribution in [3.05, 3.63) is 29.8 Å². The normalized spacial score (nSPS) is 37.3. The molecule has 1 aromatic carbocycles. The molecule has 0 bridgehead atoms. The van der Waals surface area contributed by atoms with Gasteiger partial charge in [0.1, 0.15) is 91.1 Å². The summed E-state index contributed by atoms with van der Waals surface area (Å²) in [5.41, 5.74) is -0.279. The molecule has 74 heavy (non-hydrogen) atoms. The number of para-hydroxylation sites is 1. The molecule has 422 valence electrons. The molecule has 1 aromatic rings. The first-order chi connectivity index (χ1) is 35.1. The second-order valence-electron chi connectivity index (χ2n) is 18.4. The van der Waals surface area contributed by atoms with Crippen molar-refractivity contribution in [2.45, 2.75) is 187 Å². The van der Waals surface area contributed by atoms with Crippen LogP contribution in [0, 0.1) is 0 Å². The van der Waals surface area contributed by atoms with Gasteiger partial charge in [-0.1, -0.05) is 37.8 Å². The number of ether oxygens (including phenoxy) is 9. The summed E-state index contributed by atoms with van der Waals surface area (Å²) in [6, 6.07) is 1.81. The van der Waals surface area contributed by atoms with Crippen molar-refractivity contribution >= 4 is 23.9 Å². The number of benzene rings is 1. The number of phenols is 1. The Hall–Kier alpha value is -4.06. The van der Waals surface area contributed by atoms with Crippen LogP contribution in [0.5, 0.6) is 5.75 Å². The minimum absolute atomic E-state index is 0.0533. The van der Waals surface area contributed by atoms with Crippen molar-refractivity contribution < 1.29 is 133 Å². The third-order valence-electron chi connectivity index (χ3n) is 13.2. The second-order valence-corrected chi connectivity index (χ2v) is 18.4. The van der Waals surface area contributed by atoms with Crippen molar-refractivity contribution in [2.24, 2.45) is 0 Å². The van der Waals surface area contributed by atoms with Crippen LogP contribution in [0.1, 0.15) is 68.6 Å². The van der Waals surface area contributed by atoms with Gasteiger partial charge in [0.25, 0.3) is 11.7 Å². The maximum atomic E-state index is 14.0. The van der Waals surface area contributed by atoms with E-state index in [0.29, 0.717) is 19.3 Å². The zero-order chi connectivity index (χ0) is 54.6. The van der Waals surface area contributed by atoms with Gasteiger partial charge in [0, 0.05) is 19.4 Å². The Balaban J connectivity index is 1.51. The summed E-state index contributed by atoms with van der Waals surface area (Å²) in [6.45, 7) is -1.99. The van der Waals surface area contributed by atoms with E-state index in [1.807, 2.05) is 5.32 Å². The van der Waals surface area contributed by atoms with Gasteiger partial charge in [-0.2, -0.15) is 0 Å². The third kappa shape index (κ3) is 14.7. The molecule has 4 saturated heterocycles. The summed E-state index contributed by atoms with van der Waals surface area (Å²) >= 11 is 0. The zero-order valence-corrected chi connectivity index (χ0v) is 40.4. The van der Waals surface area contributed by atoms with Gasteiger partial charge >= 0.3 is 18.0 Å². The number of phenolic OH excluding ortho intramolecular Hbond substituents is 1. The number of carboxylic acid groups (broad SMARTS) is 2. The molecule has 4 heterocycles. The number of nitrogens with one attached hydrogen (secondary N) is 2. The lowest BCUT2D eigenvalue weighted by Gasteiger charge is -2.51. The molecule has 0 aromatic heterocycles. The number of esters is 1. The molecule has 4 aliphatic rings. The summed E-state index contributed by atoms with van der Waals surface area (Å²) in [7, 11) is 1.30. The summed E-state index contributed by atoms with van der Waals surface area (Å²) < 4.78 is 52.4. The van der Waals surface area contributed by atoms with E-state index in [-0.39, 0.29) is 24.6 Å². The van der Waals surface area contributed by atoms with E-state index >= 15 is 0 Å². The lowest BCUT2D eigenvalue weighted by molar-refractivity contribution is -0.391. The number of carboxylic acids is 1. The number of hydrogen-bond donors (Lipinski definition) is 16. The van der Waals surface area contributed by atoms with Crippen LogP contribution in [0.25, 0.3) is 0 Å². The number of carbonyl (C=O) groups excluding carboxylic acids is 2. The zero-order valence-electron chi connectivity index (χ0n) is 40.4. The van der Waals surface area contributed by atoms with Gasteiger partial charge in [-0.3, -0.25) is 9.59 Å². The monoisotopic (exact) mass is 1070 g/mol. The Morgan fingerprint density at radius 1 is 0.730 bits per heavy atom. The summed E-state index contributed by atoms with van der Waals surface area (Å²) in [6.07, 6.45) is -34.2. The number of rotatable bonds is 25. The first-order valence-electron chi connectivity index (χ1n) is 24.0. The van der Waals surface area contributed by atoms with Crippen molar-refractivity contribution in [3.63, 3.8) is 0 Å². The minimum Gasteiger partial charge on any atom is -0.507 e. The maximum Gasteiger partial charge on any atom is 0.405 e. The summed E-state index contributed by atoms with van der Waals surface area (Å²) in [5, 5.41) is 154. The third-order valence-corrected chi connectivity index (χ3v) is 13.2. The highest BCUT2D eigenvalue weighted by molar-refractivity contribution is 5.97. The molecular formula is C45H70N2O27. The Kier molecular flexibility index (Phi) is 22.9. The largest absolute Gasteiger partial charge is 0.507 e. The molecule has 29 nitrogen and oxygen atoms in total. The number of hydrogen-bond acceptors (Lipinski definition) is 25. The van der Waals surface area contributed by atoms with Gasteiger partial charge in [-0.25, -0.2) is 9.59 Å². The topological polar surface area (TPSA) is 459 Å². The van der Waals surface area contributed by atoms with Gasteiger partial charge in [-0.15, -0.1) is 0 Å². The predicted molar refractivity (Wildman–Crippen MR) is 240 cm³/mol. The van der Waals surface area contributed by atoms with Gasteiger partial charge in [-0.05, 0) is 31.9 Å². The highest BCUT2D eigenvalue weighted by Crippen LogP contribution is 2.39. The molecule has 21 atom stereocenters. The lowest BCUT2D eigenvalue weighted by Crippen LogP contribution is -2.71. The Labute approximate surface area is 423 Å². The SMILES string of the molecule is COC(=O)CCCCCCCCO[C@@H]1OC(CO)[C@@H](OC2OC(CO)[C@H](O)C(O[C@]3(C(=O)O)CC(O)[C@@H](NC(=O)O)C(C(O)C(O)CO)O3)C2O)C(O[C@@H]2OC(C)[C@@H](O)C(O)C2O)C1NC(=O)c1ccccc1O. The molecule has 16 N–H and O–H groups in total. The van der Waals surface area contributed by atoms with E-state index in [1.54, 1.807) is 0 Å². The van der Waals surface area contributed by atoms with E-state index in [2.05, 4.69) is 10.1 Å². The molecule has 2 amide bonds. The molecule has 0 aliphatic carbocycles. The molecule has 5 rings (SSSR count). The van der Waals surface area contributed by atoms with Crippen LogP contribution < -0.4 is 10.6 Å². The van der Waals surface area contributed by atoms with Crippen LogP contribution in [0.15, 0.2) is 24.3 Å². The van der Waals surface area contributed by atoms with E-state index in [1.165, 1.54) is 38.3 Å². The van der Waals surface area contributed by atoms with Crippen LogP contribution in [-0.4, -0.2) is 257 Å². The van der Waals surface area contributed by atoms with Crippen LogP contribution in [0.3, 0.4) is 0 Å². The number of aliphatic carboxylic acids is 1. The fourth-order valence-electron chi connectivity index (χ4n) is 9.06. The molecule has 0 spiro atoms. The van der Waals surface area contributed by atoms with Gasteiger partial charge in [0.05, 0.1) is 50.7 Å². The number of aromatic hydroxyl groups is 1. The van der Waals surface area contributed by atoms with Crippen LogP contribution in [-0.2, 0) is 52.2 Å². The van der Waals surface area contributed by atoms with Crippen LogP contribution in [0.2, 0.25) is 0 Å². The predicted octanol–water partition coefficient (Wildman–Crippen LogP) is -5.17. The van der Waals surface area contributed by atoms with Crippen LogP contribution >= 0.6 is 0 Å². The Morgan fingerprint density at radius 2 is 1.35 bits per heavy atom. The smallest absolute Gasteiger partial charge is 0.405 e. The lowest BCUT2D eigenvalue weighted by atomic mass is 9.88. The van der Waals surface area contributed by atoms with Crippen molar-refractivity contribution in [3.8, 4) is 5.75 Å². The average Bonchev–Trinajstić information content (AvgIpc) is 3.37.